The van der Waals surface area contributed by atoms with E-state index in [9.17, 15) is 4.79 Å². The van der Waals surface area contributed by atoms with E-state index in [-0.39, 0.29) is 11.3 Å². The molecule has 3 heterocycles. The summed E-state index contributed by atoms with van der Waals surface area (Å²) in [5, 5.41) is 6.27. The summed E-state index contributed by atoms with van der Waals surface area (Å²) < 4.78 is 1.96. The lowest BCUT2D eigenvalue weighted by atomic mass is 9.86. The van der Waals surface area contributed by atoms with Crippen LogP contribution < -0.4 is 20.4 Å². The van der Waals surface area contributed by atoms with E-state index < -0.39 is 0 Å². The number of rotatable bonds is 5. The number of piperazine rings is 1. The molecule has 1 aliphatic heterocycles. The van der Waals surface area contributed by atoms with Gasteiger partial charge in [0.1, 0.15) is 5.52 Å². The van der Waals surface area contributed by atoms with Gasteiger partial charge in [0.15, 0.2) is 11.5 Å². The van der Waals surface area contributed by atoms with Crippen LogP contribution in [0.3, 0.4) is 0 Å². The van der Waals surface area contributed by atoms with Crippen molar-refractivity contribution in [3.63, 3.8) is 0 Å². The van der Waals surface area contributed by atoms with Gasteiger partial charge in [0.25, 0.3) is 5.91 Å². The molecule has 198 valence electrons. The molecule has 0 bridgehead atoms. The number of carbonyl (C=O) groups excluding carboxylic acids is 1. The van der Waals surface area contributed by atoms with Gasteiger partial charge >= 0.3 is 0 Å². The second-order valence-electron chi connectivity index (χ2n) is 10.9. The van der Waals surface area contributed by atoms with E-state index in [0.29, 0.717) is 17.2 Å². The molecule has 1 fully saturated rings. The summed E-state index contributed by atoms with van der Waals surface area (Å²) in [6.07, 6.45) is 1.78. The predicted octanol–water partition coefficient (Wildman–Crippen LogP) is 4.40. The number of aryl methyl sites for hydroxylation is 2. The average Bonchev–Trinajstić information content (AvgIpc) is 3.29. The van der Waals surface area contributed by atoms with Crippen molar-refractivity contribution in [1.82, 2.24) is 24.8 Å². The highest BCUT2D eigenvalue weighted by Crippen LogP contribution is 2.31. The smallest absolute Gasteiger partial charge is 0.251 e. The number of anilines is 4. The maximum absolute atomic E-state index is 11.9. The summed E-state index contributed by atoms with van der Waals surface area (Å²) in [5.41, 5.74) is 6.83. The van der Waals surface area contributed by atoms with Crippen LogP contribution in [0.1, 0.15) is 42.3 Å². The average molecular weight is 513 g/mol. The third-order valence-corrected chi connectivity index (χ3v) is 7.20. The van der Waals surface area contributed by atoms with Gasteiger partial charge in [-0.1, -0.05) is 32.9 Å². The molecule has 1 aliphatic rings. The number of fused-ring (bicyclic) bond motifs is 1. The molecule has 1 saturated heterocycles. The number of hydrogen-bond acceptors (Lipinski definition) is 7. The van der Waals surface area contributed by atoms with E-state index in [1.54, 1.807) is 13.4 Å². The third-order valence-electron chi connectivity index (χ3n) is 7.20. The highest BCUT2D eigenvalue weighted by atomic mass is 16.1. The van der Waals surface area contributed by atoms with Gasteiger partial charge < -0.3 is 25.0 Å². The summed E-state index contributed by atoms with van der Waals surface area (Å²) in [6.45, 7) is 12.0. The van der Waals surface area contributed by atoms with Crippen LogP contribution in [0.2, 0.25) is 0 Å². The Bertz CT molecular complexity index is 1460. The summed E-state index contributed by atoms with van der Waals surface area (Å²) >= 11 is 0. The van der Waals surface area contributed by atoms with Gasteiger partial charge in [-0.2, -0.15) is 9.97 Å². The van der Waals surface area contributed by atoms with Crippen molar-refractivity contribution < 1.29 is 4.79 Å². The zero-order valence-corrected chi connectivity index (χ0v) is 23.0. The molecule has 0 unspecified atom stereocenters. The zero-order chi connectivity index (χ0) is 27.0. The van der Waals surface area contributed by atoms with Crippen molar-refractivity contribution in [1.29, 1.82) is 0 Å². The van der Waals surface area contributed by atoms with Gasteiger partial charge in [-0.25, -0.2) is 4.98 Å². The van der Waals surface area contributed by atoms with Crippen LogP contribution in [-0.2, 0) is 12.5 Å². The summed E-state index contributed by atoms with van der Waals surface area (Å²) in [5.74, 6) is 1.36. The Balaban J connectivity index is 1.39. The minimum absolute atomic E-state index is 0.0469. The Kier molecular flexibility index (Phi) is 6.69. The minimum Gasteiger partial charge on any atom is -0.368 e. The molecule has 2 aromatic heterocycles. The van der Waals surface area contributed by atoms with Crippen LogP contribution >= 0.6 is 0 Å². The first-order valence-corrected chi connectivity index (χ1v) is 13.0. The SMILES string of the molecule is CNC(=O)c1ccc(N2CCN(c3nc(Nc4cc(C(C)(C)C)ccc4C)c4c(ncn4C)n3)CC2)cc1. The Morgan fingerprint density at radius 2 is 1.63 bits per heavy atom. The summed E-state index contributed by atoms with van der Waals surface area (Å²) in [4.78, 5) is 30.8. The third kappa shape index (κ3) is 5.01. The molecular formula is C29H36N8O. The largest absolute Gasteiger partial charge is 0.368 e. The van der Waals surface area contributed by atoms with Crippen LogP contribution in [0.15, 0.2) is 48.8 Å². The van der Waals surface area contributed by atoms with Crippen molar-refractivity contribution in [3.8, 4) is 0 Å². The molecule has 9 nitrogen and oxygen atoms in total. The first-order valence-electron chi connectivity index (χ1n) is 13.0. The van der Waals surface area contributed by atoms with Gasteiger partial charge in [-0.3, -0.25) is 4.79 Å². The van der Waals surface area contributed by atoms with Crippen molar-refractivity contribution >= 4 is 40.2 Å². The number of benzene rings is 2. The lowest BCUT2D eigenvalue weighted by Crippen LogP contribution is -2.47. The highest BCUT2D eigenvalue weighted by molar-refractivity contribution is 5.94. The number of nitrogens with zero attached hydrogens (tertiary/aromatic N) is 6. The van der Waals surface area contributed by atoms with Crippen LogP contribution in [0.25, 0.3) is 11.2 Å². The molecule has 0 aliphatic carbocycles. The fraction of sp³-hybridized carbons (Fsp3) is 0.379. The number of imidazole rings is 1. The Morgan fingerprint density at radius 3 is 2.29 bits per heavy atom. The van der Waals surface area contributed by atoms with E-state index in [1.807, 2.05) is 35.9 Å². The minimum atomic E-state index is -0.0758. The lowest BCUT2D eigenvalue weighted by Gasteiger charge is -2.36. The van der Waals surface area contributed by atoms with Crippen molar-refractivity contribution in [2.24, 2.45) is 7.05 Å². The Morgan fingerprint density at radius 1 is 0.947 bits per heavy atom. The second kappa shape index (κ2) is 9.96. The molecule has 2 aromatic carbocycles. The molecule has 2 N–H and O–H groups in total. The molecule has 1 amide bonds. The van der Waals surface area contributed by atoms with Gasteiger partial charge in [-0.05, 0) is 53.8 Å². The molecule has 5 rings (SSSR count). The molecule has 9 heteroatoms. The van der Waals surface area contributed by atoms with E-state index in [0.717, 1.165) is 54.5 Å². The summed E-state index contributed by atoms with van der Waals surface area (Å²) in [7, 11) is 3.61. The van der Waals surface area contributed by atoms with E-state index in [2.05, 4.69) is 71.3 Å². The number of carbonyl (C=O) groups is 1. The van der Waals surface area contributed by atoms with Gasteiger partial charge in [0, 0.05) is 57.2 Å². The van der Waals surface area contributed by atoms with Crippen LogP contribution in [0.4, 0.5) is 23.1 Å². The zero-order valence-electron chi connectivity index (χ0n) is 23.0. The van der Waals surface area contributed by atoms with Crippen LogP contribution in [0, 0.1) is 6.92 Å². The molecule has 0 saturated carbocycles. The first-order chi connectivity index (χ1) is 18.1. The Hall–Kier alpha value is -4.14. The molecular weight excluding hydrogens is 476 g/mol. The van der Waals surface area contributed by atoms with Crippen LogP contribution in [-0.4, -0.2) is 58.7 Å². The van der Waals surface area contributed by atoms with Gasteiger partial charge in [0.05, 0.1) is 6.33 Å². The molecule has 38 heavy (non-hydrogen) atoms. The van der Waals surface area contributed by atoms with E-state index >= 15 is 0 Å². The van der Waals surface area contributed by atoms with Crippen molar-refractivity contribution in [3.05, 3.63) is 65.5 Å². The fourth-order valence-electron chi connectivity index (χ4n) is 4.76. The normalized spacial score (nSPS) is 14.2. The number of nitrogens with one attached hydrogen (secondary N) is 2. The fourth-order valence-corrected chi connectivity index (χ4v) is 4.76. The maximum atomic E-state index is 11.9. The standard InChI is InChI=1S/C29H36N8O/c1-19-7-10-21(29(2,3)4)17-23(19)32-26-24-25(31-18-35(24)6)33-28(34-26)37-15-13-36(14-16-37)22-11-8-20(9-12-22)27(38)30-5/h7-12,17-18H,13-16H2,1-6H3,(H,30,38)(H,32,33,34). The van der Waals surface area contributed by atoms with Gasteiger partial charge in [-0.15, -0.1) is 0 Å². The van der Waals surface area contributed by atoms with Crippen molar-refractivity contribution in [2.45, 2.75) is 33.1 Å². The van der Waals surface area contributed by atoms with Crippen molar-refractivity contribution in [2.75, 3.05) is 48.3 Å². The van der Waals surface area contributed by atoms with Gasteiger partial charge in [0.2, 0.25) is 5.95 Å². The predicted molar refractivity (Wildman–Crippen MR) is 154 cm³/mol. The number of aromatic nitrogens is 4. The number of hydrogen-bond donors (Lipinski definition) is 2. The summed E-state index contributed by atoms with van der Waals surface area (Å²) in [6, 6.07) is 14.3. The van der Waals surface area contributed by atoms with Crippen LogP contribution in [0.5, 0.6) is 0 Å². The Labute approximate surface area is 223 Å². The quantitative estimate of drug-likeness (QED) is 0.410. The second-order valence-corrected chi connectivity index (χ2v) is 10.9. The molecule has 4 aromatic rings. The topological polar surface area (TPSA) is 91.2 Å². The van der Waals surface area contributed by atoms with E-state index in [4.69, 9.17) is 9.97 Å². The first kappa shape index (κ1) is 25.5. The number of amides is 1. The van der Waals surface area contributed by atoms with E-state index in [1.165, 1.54) is 5.56 Å². The molecule has 0 spiro atoms. The lowest BCUT2D eigenvalue weighted by molar-refractivity contribution is 0.0963. The maximum Gasteiger partial charge on any atom is 0.251 e. The molecule has 0 radical (unpaired) electrons. The monoisotopic (exact) mass is 512 g/mol. The molecule has 0 atom stereocenters. The highest BCUT2D eigenvalue weighted by Gasteiger charge is 2.23.